The molecule has 2 unspecified atom stereocenters. The van der Waals surface area contributed by atoms with E-state index in [2.05, 4.69) is 12.2 Å². The summed E-state index contributed by atoms with van der Waals surface area (Å²) in [4.78, 5) is 11.8. The van der Waals surface area contributed by atoms with Crippen LogP contribution in [0.2, 0.25) is 0 Å². The van der Waals surface area contributed by atoms with Gasteiger partial charge in [-0.25, -0.2) is 0 Å². The van der Waals surface area contributed by atoms with E-state index in [9.17, 15) is 4.79 Å². The average molecular weight is 267 g/mol. The summed E-state index contributed by atoms with van der Waals surface area (Å²) in [6, 6.07) is 0.0528. The molecule has 0 aromatic heterocycles. The van der Waals surface area contributed by atoms with Crippen molar-refractivity contribution in [3.63, 3.8) is 0 Å². The van der Waals surface area contributed by atoms with Crippen molar-refractivity contribution in [2.24, 2.45) is 11.8 Å². The van der Waals surface area contributed by atoms with E-state index in [1.165, 1.54) is 19.3 Å². The molecule has 1 amide bonds. The molecular formula is C15H25NO3. The van der Waals surface area contributed by atoms with Crippen molar-refractivity contribution in [1.82, 2.24) is 5.32 Å². The fourth-order valence-corrected chi connectivity index (χ4v) is 2.98. The fourth-order valence-electron chi connectivity index (χ4n) is 2.98. The normalized spacial score (nSPS) is 34.4. The molecule has 0 spiro atoms. The first kappa shape index (κ1) is 14.5. The van der Waals surface area contributed by atoms with E-state index in [4.69, 9.17) is 9.84 Å². The first-order valence-electron chi connectivity index (χ1n) is 7.39. The van der Waals surface area contributed by atoms with Crippen LogP contribution in [0.1, 0.15) is 39.0 Å². The maximum atomic E-state index is 11.8. The molecule has 1 saturated carbocycles. The highest BCUT2D eigenvalue weighted by molar-refractivity contribution is 5.77. The van der Waals surface area contributed by atoms with Crippen molar-refractivity contribution in [1.29, 1.82) is 0 Å². The Bertz CT molecular complexity index is 329. The van der Waals surface area contributed by atoms with E-state index < -0.39 is 0 Å². The Kier molecular flexibility index (Phi) is 5.40. The lowest BCUT2D eigenvalue weighted by Gasteiger charge is -2.28. The van der Waals surface area contributed by atoms with Gasteiger partial charge in [0.1, 0.15) is 6.61 Å². The van der Waals surface area contributed by atoms with Crippen LogP contribution >= 0.6 is 0 Å². The third-order valence-electron chi connectivity index (χ3n) is 4.21. The third-order valence-corrected chi connectivity index (χ3v) is 4.21. The molecule has 2 aliphatic carbocycles. The zero-order valence-corrected chi connectivity index (χ0v) is 11.7. The molecule has 2 rings (SSSR count). The molecule has 0 aliphatic heterocycles. The lowest BCUT2D eigenvalue weighted by molar-refractivity contribution is -0.130. The highest BCUT2D eigenvalue weighted by Crippen LogP contribution is 2.26. The molecule has 2 N–H and O–H groups in total. The summed E-state index contributed by atoms with van der Waals surface area (Å²) in [5, 5.41) is 12.0. The van der Waals surface area contributed by atoms with Gasteiger partial charge in [-0.2, -0.15) is 0 Å². The van der Waals surface area contributed by atoms with Gasteiger partial charge in [0.15, 0.2) is 0 Å². The molecule has 0 aromatic rings. The predicted molar refractivity (Wildman–Crippen MR) is 73.6 cm³/mol. The largest absolute Gasteiger partial charge is 0.396 e. The van der Waals surface area contributed by atoms with Crippen LogP contribution in [0.5, 0.6) is 0 Å². The summed E-state index contributed by atoms with van der Waals surface area (Å²) in [6.45, 7) is 2.51. The molecule has 4 atom stereocenters. The standard InChI is InChI=1S/C15H25NO3/c1-11-4-2-3-5-14(11)19-10-15(18)16-13-7-6-12(8-13)9-17/h6-7,11-14,17H,2-5,8-10H2,1H3,(H,16,18)/t11?,12-,13+,14?/m0/s1. The van der Waals surface area contributed by atoms with Crippen molar-refractivity contribution in [3.05, 3.63) is 12.2 Å². The number of rotatable bonds is 5. The number of ether oxygens (including phenoxy) is 1. The number of amides is 1. The van der Waals surface area contributed by atoms with E-state index in [1.54, 1.807) is 0 Å². The molecule has 4 heteroatoms. The van der Waals surface area contributed by atoms with Crippen LogP contribution in [0.15, 0.2) is 12.2 Å². The Morgan fingerprint density at radius 2 is 2.16 bits per heavy atom. The second-order valence-corrected chi connectivity index (χ2v) is 5.85. The summed E-state index contributed by atoms with van der Waals surface area (Å²) in [7, 11) is 0. The van der Waals surface area contributed by atoms with Crippen LogP contribution in [-0.2, 0) is 9.53 Å². The summed E-state index contributed by atoms with van der Waals surface area (Å²) in [5.74, 6) is 0.697. The summed E-state index contributed by atoms with van der Waals surface area (Å²) < 4.78 is 5.73. The fraction of sp³-hybridized carbons (Fsp3) is 0.800. The second-order valence-electron chi connectivity index (χ2n) is 5.85. The van der Waals surface area contributed by atoms with Crippen molar-refractivity contribution in [2.45, 2.75) is 51.2 Å². The molecular weight excluding hydrogens is 242 g/mol. The number of aliphatic hydroxyl groups excluding tert-OH is 1. The second kappa shape index (κ2) is 7.06. The zero-order valence-electron chi connectivity index (χ0n) is 11.7. The molecule has 0 aromatic carbocycles. The Labute approximate surface area is 115 Å². The van der Waals surface area contributed by atoms with E-state index in [0.717, 1.165) is 12.8 Å². The van der Waals surface area contributed by atoms with Gasteiger partial charge in [-0.1, -0.05) is 31.9 Å². The number of carbonyl (C=O) groups excluding carboxylic acids is 1. The SMILES string of the molecule is CC1CCCCC1OCC(=O)N[C@@H]1C=C[C@H](CO)C1. The summed E-state index contributed by atoms with van der Waals surface area (Å²) in [6.07, 6.45) is 9.73. The van der Waals surface area contributed by atoms with E-state index in [0.29, 0.717) is 5.92 Å². The van der Waals surface area contributed by atoms with Crippen LogP contribution in [0.4, 0.5) is 0 Å². The molecule has 0 bridgehead atoms. The summed E-state index contributed by atoms with van der Waals surface area (Å²) >= 11 is 0. The van der Waals surface area contributed by atoms with Crippen LogP contribution < -0.4 is 5.32 Å². The van der Waals surface area contributed by atoms with Gasteiger partial charge >= 0.3 is 0 Å². The lowest BCUT2D eigenvalue weighted by atomic mass is 9.88. The molecule has 108 valence electrons. The number of carbonyl (C=O) groups is 1. The topological polar surface area (TPSA) is 58.6 Å². The van der Waals surface area contributed by atoms with E-state index >= 15 is 0 Å². The quantitative estimate of drug-likeness (QED) is 0.744. The highest BCUT2D eigenvalue weighted by Gasteiger charge is 2.24. The van der Waals surface area contributed by atoms with Gasteiger partial charge < -0.3 is 15.2 Å². The maximum absolute atomic E-state index is 11.8. The van der Waals surface area contributed by atoms with Crippen LogP contribution in [-0.4, -0.2) is 36.4 Å². The maximum Gasteiger partial charge on any atom is 0.246 e. The molecule has 0 heterocycles. The first-order chi connectivity index (χ1) is 9.19. The van der Waals surface area contributed by atoms with Gasteiger partial charge in [0.05, 0.1) is 6.10 Å². The molecule has 4 nitrogen and oxygen atoms in total. The van der Waals surface area contributed by atoms with Crippen molar-refractivity contribution in [3.8, 4) is 0 Å². The Morgan fingerprint density at radius 1 is 1.37 bits per heavy atom. The number of aliphatic hydroxyl groups is 1. The van der Waals surface area contributed by atoms with Gasteiger partial charge in [-0.15, -0.1) is 0 Å². The Hall–Kier alpha value is -0.870. The van der Waals surface area contributed by atoms with Gasteiger partial charge in [-0.3, -0.25) is 4.79 Å². The monoisotopic (exact) mass is 267 g/mol. The minimum Gasteiger partial charge on any atom is -0.396 e. The molecule has 2 aliphatic rings. The first-order valence-corrected chi connectivity index (χ1v) is 7.39. The Balaban J connectivity index is 1.66. The zero-order chi connectivity index (χ0) is 13.7. The smallest absolute Gasteiger partial charge is 0.246 e. The van der Waals surface area contributed by atoms with E-state index in [-0.39, 0.29) is 37.2 Å². The predicted octanol–water partition coefficient (Wildman–Crippen LogP) is 1.63. The van der Waals surface area contributed by atoms with Crippen LogP contribution in [0.25, 0.3) is 0 Å². The minimum atomic E-state index is -0.0500. The van der Waals surface area contributed by atoms with Gasteiger partial charge in [0.25, 0.3) is 0 Å². The molecule has 0 saturated heterocycles. The van der Waals surface area contributed by atoms with Gasteiger partial charge in [0.2, 0.25) is 5.91 Å². The van der Waals surface area contributed by atoms with Gasteiger partial charge in [0, 0.05) is 18.6 Å². The van der Waals surface area contributed by atoms with Crippen LogP contribution in [0.3, 0.4) is 0 Å². The van der Waals surface area contributed by atoms with Crippen molar-refractivity contribution >= 4 is 5.91 Å². The molecule has 1 fully saturated rings. The van der Waals surface area contributed by atoms with E-state index in [1.807, 2.05) is 12.2 Å². The van der Waals surface area contributed by atoms with Crippen molar-refractivity contribution < 1.29 is 14.6 Å². The average Bonchev–Trinajstić information content (AvgIpc) is 2.85. The van der Waals surface area contributed by atoms with Crippen molar-refractivity contribution in [2.75, 3.05) is 13.2 Å². The third kappa shape index (κ3) is 4.32. The Morgan fingerprint density at radius 3 is 2.84 bits per heavy atom. The molecule has 19 heavy (non-hydrogen) atoms. The number of hydrogen-bond acceptors (Lipinski definition) is 3. The lowest BCUT2D eigenvalue weighted by Crippen LogP contribution is -2.37. The minimum absolute atomic E-state index is 0.0500. The summed E-state index contributed by atoms with van der Waals surface area (Å²) in [5.41, 5.74) is 0. The number of nitrogens with one attached hydrogen (secondary N) is 1. The molecule has 0 radical (unpaired) electrons. The highest BCUT2D eigenvalue weighted by atomic mass is 16.5. The van der Waals surface area contributed by atoms with Crippen LogP contribution in [0, 0.1) is 11.8 Å². The number of hydrogen-bond donors (Lipinski definition) is 2. The van der Waals surface area contributed by atoms with Gasteiger partial charge in [-0.05, 0) is 25.2 Å².